The Labute approximate surface area is 150 Å². The minimum Gasteiger partial charge on any atom is -0.325 e. The maximum atomic E-state index is 11.5. The van der Waals surface area contributed by atoms with Crippen molar-refractivity contribution in [2.45, 2.75) is 6.42 Å². The van der Waals surface area contributed by atoms with Gasteiger partial charge in [-0.1, -0.05) is 44.0 Å². The van der Waals surface area contributed by atoms with E-state index in [4.69, 9.17) is 0 Å². The summed E-state index contributed by atoms with van der Waals surface area (Å²) in [7, 11) is 0. The number of fused-ring (bicyclic) bond motifs is 3. The number of benzene rings is 2. The van der Waals surface area contributed by atoms with Crippen molar-refractivity contribution in [1.29, 1.82) is 0 Å². The average molecular weight is 438 g/mol. The lowest BCUT2D eigenvalue weighted by Gasteiger charge is -2.07. The number of halogens is 2. The molecular formula is C17H14Br2N2O2. The van der Waals surface area contributed by atoms with Gasteiger partial charge in [0.2, 0.25) is 11.8 Å². The molecule has 0 aliphatic heterocycles. The van der Waals surface area contributed by atoms with Crippen molar-refractivity contribution in [1.82, 2.24) is 0 Å². The molecule has 3 rings (SSSR count). The number of hydrogen-bond acceptors (Lipinski definition) is 2. The van der Waals surface area contributed by atoms with Crippen molar-refractivity contribution in [3.8, 4) is 11.1 Å². The van der Waals surface area contributed by atoms with Gasteiger partial charge in [-0.3, -0.25) is 9.59 Å². The van der Waals surface area contributed by atoms with Crippen LogP contribution in [0.4, 0.5) is 11.4 Å². The van der Waals surface area contributed by atoms with Gasteiger partial charge in [-0.25, -0.2) is 0 Å². The first-order chi connectivity index (χ1) is 11.1. The summed E-state index contributed by atoms with van der Waals surface area (Å²) < 4.78 is 0. The summed E-state index contributed by atoms with van der Waals surface area (Å²) in [5.41, 5.74) is 6.31. The van der Waals surface area contributed by atoms with E-state index in [2.05, 4.69) is 42.5 Å². The Bertz CT molecular complexity index is 725. The fourth-order valence-corrected chi connectivity index (χ4v) is 3.04. The summed E-state index contributed by atoms with van der Waals surface area (Å²) in [5.74, 6) is -0.138. The summed E-state index contributed by atoms with van der Waals surface area (Å²) >= 11 is 6.28. The molecule has 6 heteroatoms. The van der Waals surface area contributed by atoms with Gasteiger partial charge in [0.1, 0.15) is 0 Å². The lowest BCUT2D eigenvalue weighted by atomic mass is 10.0. The summed E-state index contributed by atoms with van der Waals surface area (Å²) in [6.07, 6.45) is 0.792. The Hall–Kier alpha value is -1.66. The monoisotopic (exact) mass is 436 g/mol. The van der Waals surface area contributed by atoms with E-state index < -0.39 is 0 Å². The van der Waals surface area contributed by atoms with E-state index in [1.54, 1.807) is 0 Å². The summed E-state index contributed by atoms with van der Waals surface area (Å²) in [6, 6.07) is 11.9. The first kappa shape index (κ1) is 16.2. The molecule has 0 saturated carbocycles. The second-order valence-corrected chi connectivity index (χ2v) is 6.41. The summed E-state index contributed by atoms with van der Waals surface area (Å²) in [4.78, 5) is 22.9. The van der Waals surface area contributed by atoms with Crippen molar-refractivity contribution in [3.63, 3.8) is 0 Å². The van der Waals surface area contributed by atoms with E-state index in [1.807, 2.05) is 36.4 Å². The predicted octanol–water partition coefficient (Wildman–Crippen LogP) is 3.92. The van der Waals surface area contributed by atoms with Gasteiger partial charge in [-0.15, -0.1) is 0 Å². The van der Waals surface area contributed by atoms with Crippen LogP contribution in [0.25, 0.3) is 11.1 Å². The number of anilines is 2. The highest BCUT2D eigenvalue weighted by Crippen LogP contribution is 2.39. The van der Waals surface area contributed by atoms with Gasteiger partial charge >= 0.3 is 0 Å². The van der Waals surface area contributed by atoms with Crippen molar-refractivity contribution < 1.29 is 9.59 Å². The molecule has 0 fully saturated rings. The number of rotatable bonds is 4. The standard InChI is InChI=1S/C17H14Br2N2O2/c18-8-16(22)20-12-1-3-14-10(6-12)5-11-7-13(2-4-15(11)14)21-17(23)9-19/h1-4,6-7H,5,8-9H2,(H,20,22)(H,21,23). The highest BCUT2D eigenvalue weighted by atomic mass is 79.9. The van der Waals surface area contributed by atoms with Gasteiger partial charge in [-0.05, 0) is 52.9 Å². The topological polar surface area (TPSA) is 58.2 Å². The van der Waals surface area contributed by atoms with E-state index in [9.17, 15) is 9.59 Å². The van der Waals surface area contributed by atoms with Crippen molar-refractivity contribution in [2.75, 3.05) is 21.3 Å². The third-order valence-electron chi connectivity index (χ3n) is 3.69. The van der Waals surface area contributed by atoms with Crippen LogP contribution in [0.1, 0.15) is 11.1 Å². The molecule has 23 heavy (non-hydrogen) atoms. The molecule has 1 aliphatic carbocycles. The third kappa shape index (κ3) is 3.48. The fraction of sp³-hybridized carbons (Fsp3) is 0.176. The Morgan fingerprint density at radius 2 is 1.26 bits per heavy atom. The van der Waals surface area contributed by atoms with E-state index in [0.717, 1.165) is 17.8 Å². The van der Waals surface area contributed by atoms with Gasteiger partial charge in [0, 0.05) is 11.4 Å². The molecule has 0 spiro atoms. The van der Waals surface area contributed by atoms with Gasteiger partial charge in [-0.2, -0.15) is 0 Å². The molecule has 0 bridgehead atoms. The number of nitrogens with one attached hydrogen (secondary N) is 2. The molecule has 0 radical (unpaired) electrons. The molecule has 1 aliphatic rings. The smallest absolute Gasteiger partial charge is 0.235 e. The van der Waals surface area contributed by atoms with E-state index in [0.29, 0.717) is 0 Å². The maximum absolute atomic E-state index is 11.5. The van der Waals surface area contributed by atoms with Crippen LogP contribution in [0.3, 0.4) is 0 Å². The summed E-state index contributed by atoms with van der Waals surface area (Å²) in [6.45, 7) is 0. The van der Waals surface area contributed by atoms with Crippen LogP contribution >= 0.6 is 31.9 Å². The average Bonchev–Trinajstić information content (AvgIpc) is 2.91. The van der Waals surface area contributed by atoms with Crippen LogP contribution in [0.2, 0.25) is 0 Å². The van der Waals surface area contributed by atoms with Gasteiger partial charge in [0.25, 0.3) is 0 Å². The normalized spacial score (nSPS) is 11.6. The predicted molar refractivity (Wildman–Crippen MR) is 99.5 cm³/mol. The molecule has 0 saturated heterocycles. The van der Waals surface area contributed by atoms with Gasteiger partial charge < -0.3 is 10.6 Å². The molecule has 2 N–H and O–H groups in total. The Morgan fingerprint density at radius 1 is 0.826 bits per heavy atom. The minimum absolute atomic E-state index is 0.0692. The van der Waals surface area contributed by atoms with Crippen LogP contribution in [0.15, 0.2) is 36.4 Å². The molecule has 0 heterocycles. The quantitative estimate of drug-likeness (QED) is 0.607. The van der Waals surface area contributed by atoms with E-state index in [1.165, 1.54) is 22.3 Å². The molecule has 4 nitrogen and oxygen atoms in total. The van der Waals surface area contributed by atoms with Crippen LogP contribution < -0.4 is 10.6 Å². The zero-order valence-electron chi connectivity index (χ0n) is 12.2. The fourth-order valence-electron chi connectivity index (χ4n) is 2.75. The second kappa shape index (κ2) is 6.84. The molecular weight excluding hydrogens is 424 g/mol. The number of amides is 2. The van der Waals surface area contributed by atoms with E-state index in [-0.39, 0.29) is 22.5 Å². The largest absolute Gasteiger partial charge is 0.325 e. The molecule has 0 aromatic heterocycles. The molecule has 2 amide bonds. The van der Waals surface area contributed by atoms with Crippen LogP contribution in [-0.2, 0) is 16.0 Å². The second-order valence-electron chi connectivity index (χ2n) is 5.28. The molecule has 2 aromatic rings. The van der Waals surface area contributed by atoms with Gasteiger partial charge in [0.15, 0.2) is 0 Å². The molecule has 2 aromatic carbocycles. The zero-order chi connectivity index (χ0) is 16.4. The number of alkyl halides is 2. The SMILES string of the molecule is O=C(CBr)Nc1ccc2c(c1)Cc1cc(NC(=O)CBr)ccc1-2. The zero-order valence-corrected chi connectivity index (χ0v) is 15.3. The first-order valence-corrected chi connectivity index (χ1v) is 9.33. The lowest BCUT2D eigenvalue weighted by molar-refractivity contribution is -0.114. The van der Waals surface area contributed by atoms with Crippen molar-refractivity contribution >= 4 is 55.0 Å². The Balaban J connectivity index is 1.85. The van der Waals surface area contributed by atoms with Crippen molar-refractivity contribution in [2.24, 2.45) is 0 Å². The lowest BCUT2D eigenvalue weighted by Crippen LogP contribution is -2.12. The minimum atomic E-state index is -0.0692. The molecule has 118 valence electrons. The highest BCUT2D eigenvalue weighted by Gasteiger charge is 2.19. The Morgan fingerprint density at radius 3 is 1.65 bits per heavy atom. The molecule has 0 unspecified atom stereocenters. The van der Waals surface area contributed by atoms with Crippen LogP contribution in [-0.4, -0.2) is 22.5 Å². The number of hydrogen-bond donors (Lipinski definition) is 2. The first-order valence-electron chi connectivity index (χ1n) is 7.08. The number of carbonyl (C=O) groups is 2. The van der Waals surface area contributed by atoms with Gasteiger partial charge in [0.05, 0.1) is 10.7 Å². The number of carbonyl (C=O) groups excluding carboxylic acids is 2. The maximum Gasteiger partial charge on any atom is 0.235 e. The highest BCUT2D eigenvalue weighted by molar-refractivity contribution is 9.09. The van der Waals surface area contributed by atoms with Crippen molar-refractivity contribution in [3.05, 3.63) is 47.5 Å². The third-order valence-corrected chi connectivity index (χ3v) is 4.71. The van der Waals surface area contributed by atoms with Crippen LogP contribution in [0, 0.1) is 0 Å². The Kier molecular flexibility index (Phi) is 4.82. The summed E-state index contributed by atoms with van der Waals surface area (Å²) in [5, 5.41) is 6.25. The van der Waals surface area contributed by atoms with Crippen LogP contribution in [0.5, 0.6) is 0 Å². The molecule has 0 atom stereocenters. The van der Waals surface area contributed by atoms with E-state index >= 15 is 0 Å².